The van der Waals surface area contributed by atoms with Crippen molar-refractivity contribution < 1.29 is 4.79 Å². The quantitative estimate of drug-likeness (QED) is 0.818. The summed E-state index contributed by atoms with van der Waals surface area (Å²) in [7, 11) is 0. The first-order valence-electron chi connectivity index (χ1n) is 8.97. The number of aromatic amines is 1. The minimum Gasteiger partial charge on any atom is -0.360 e. The zero-order valence-electron chi connectivity index (χ0n) is 15.0. The lowest BCUT2D eigenvalue weighted by Crippen LogP contribution is -2.56. The molecule has 1 fully saturated rings. The lowest BCUT2D eigenvalue weighted by Gasteiger charge is -2.47. The summed E-state index contributed by atoms with van der Waals surface area (Å²) >= 11 is 0. The number of nitriles is 1. The van der Waals surface area contributed by atoms with Crippen LogP contribution in [0.25, 0.3) is 5.70 Å². The van der Waals surface area contributed by atoms with Gasteiger partial charge in [-0.15, -0.1) is 0 Å². The van der Waals surface area contributed by atoms with Crippen LogP contribution in [0.1, 0.15) is 24.6 Å². The standard InChI is InChI=1S/C20H20N6O/c1-13-12-25(18-5-4-14(9-21)11-24-18)8-6-17(13)26-19(15(10-22)20(26)27)16-3-2-7-23-16/h2-5,7,10-11,13,17,22-23H,6,8,12H2,1H3. The number of piperidine rings is 1. The summed E-state index contributed by atoms with van der Waals surface area (Å²) in [6.07, 6.45) is 5.39. The average Bonchev–Trinajstić information content (AvgIpc) is 3.21. The lowest BCUT2D eigenvalue weighted by atomic mass is 9.87. The third-order valence-electron chi connectivity index (χ3n) is 5.34. The Morgan fingerprint density at radius 3 is 2.85 bits per heavy atom. The summed E-state index contributed by atoms with van der Waals surface area (Å²) < 4.78 is 0. The third-order valence-corrected chi connectivity index (χ3v) is 5.34. The molecule has 7 nitrogen and oxygen atoms in total. The number of hydrogen-bond donors (Lipinski definition) is 2. The number of hydrogen-bond acceptors (Lipinski definition) is 5. The van der Waals surface area contributed by atoms with E-state index in [0.717, 1.165) is 42.9 Å². The van der Waals surface area contributed by atoms with E-state index >= 15 is 0 Å². The van der Waals surface area contributed by atoms with Crippen LogP contribution in [0.4, 0.5) is 5.82 Å². The van der Waals surface area contributed by atoms with Crippen molar-refractivity contribution in [1.82, 2.24) is 14.9 Å². The van der Waals surface area contributed by atoms with Gasteiger partial charge in [0, 0.05) is 37.7 Å². The van der Waals surface area contributed by atoms with Crippen LogP contribution >= 0.6 is 0 Å². The highest BCUT2D eigenvalue weighted by Crippen LogP contribution is 2.39. The second-order valence-electron chi connectivity index (χ2n) is 6.96. The molecule has 2 unspecified atom stereocenters. The van der Waals surface area contributed by atoms with Crippen LogP contribution in [0.5, 0.6) is 0 Å². The molecule has 0 aromatic carbocycles. The number of nitrogens with zero attached hydrogens (tertiary/aromatic N) is 4. The van der Waals surface area contributed by atoms with Crippen molar-refractivity contribution in [1.29, 1.82) is 10.7 Å². The Labute approximate surface area is 157 Å². The first-order chi connectivity index (χ1) is 13.1. The molecule has 7 heteroatoms. The number of pyridine rings is 1. The topological polar surface area (TPSA) is 99.9 Å². The molecule has 1 amide bonds. The molecule has 2 aliphatic heterocycles. The fourth-order valence-electron chi connectivity index (χ4n) is 3.97. The van der Waals surface area contributed by atoms with Crippen LogP contribution in [0, 0.1) is 22.7 Å². The van der Waals surface area contributed by atoms with Gasteiger partial charge in [0.05, 0.1) is 22.5 Å². The SMILES string of the molecule is CC1CN(c2ccc(C#N)cn2)CCC1N1C(=O)C(C=N)=C1c1ccc[nH]1. The molecule has 2 atom stereocenters. The average molecular weight is 360 g/mol. The van der Waals surface area contributed by atoms with Crippen molar-refractivity contribution in [3.63, 3.8) is 0 Å². The number of nitrogens with one attached hydrogen (secondary N) is 2. The number of carbonyl (C=O) groups excluding carboxylic acids is 1. The Hall–Kier alpha value is -3.40. The van der Waals surface area contributed by atoms with Gasteiger partial charge in [0.25, 0.3) is 5.91 Å². The molecule has 2 N–H and O–H groups in total. The fourth-order valence-corrected chi connectivity index (χ4v) is 3.97. The maximum atomic E-state index is 12.6. The second-order valence-corrected chi connectivity index (χ2v) is 6.96. The van der Waals surface area contributed by atoms with E-state index in [0.29, 0.717) is 11.1 Å². The van der Waals surface area contributed by atoms with Gasteiger partial charge in [-0.3, -0.25) is 4.79 Å². The van der Waals surface area contributed by atoms with Crippen molar-refractivity contribution in [2.24, 2.45) is 5.92 Å². The molecule has 4 heterocycles. The van der Waals surface area contributed by atoms with Crippen molar-refractivity contribution in [2.75, 3.05) is 18.0 Å². The minimum atomic E-state index is -0.0728. The Bertz CT molecular complexity index is 938. The Morgan fingerprint density at radius 2 is 2.26 bits per heavy atom. The Morgan fingerprint density at radius 1 is 1.41 bits per heavy atom. The van der Waals surface area contributed by atoms with Crippen LogP contribution in [0.15, 0.2) is 42.2 Å². The second kappa shape index (κ2) is 6.72. The number of carbonyl (C=O) groups is 1. The molecule has 27 heavy (non-hydrogen) atoms. The van der Waals surface area contributed by atoms with E-state index in [1.165, 1.54) is 0 Å². The maximum Gasteiger partial charge on any atom is 0.262 e. The summed E-state index contributed by atoms with van der Waals surface area (Å²) in [5.41, 5.74) is 2.70. The van der Waals surface area contributed by atoms with Crippen LogP contribution in [0.2, 0.25) is 0 Å². The third kappa shape index (κ3) is 2.79. The fraction of sp³-hybridized carbons (Fsp3) is 0.300. The number of rotatable bonds is 4. The van der Waals surface area contributed by atoms with Crippen LogP contribution in [-0.4, -0.2) is 46.1 Å². The summed E-state index contributed by atoms with van der Waals surface area (Å²) in [6, 6.07) is 9.65. The van der Waals surface area contributed by atoms with Crippen molar-refractivity contribution >= 4 is 23.6 Å². The maximum absolute atomic E-state index is 12.6. The van der Waals surface area contributed by atoms with Crippen LogP contribution < -0.4 is 4.90 Å². The van der Waals surface area contributed by atoms with E-state index in [2.05, 4.69) is 27.9 Å². The zero-order valence-corrected chi connectivity index (χ0v) is 15.0. The van der Waals surface area contributed by atoms with Crippen molar-refractivity contribution in [2.45, 2.75) is 19.4 Å². The van der Waals surface area contributed by atoms with Gasteiger partial charge in [-0.05, 0) is 36.6 Å². The molecular formula is C20H20N6O. The van der Waals surface area contributed by atoms with Gasteiger partial charge in [0.1, 0.15) is 11.9 Å². The number of amides is 1. The number of anilines is 1. The first kappa shape index (κ1) is 17.0. The summed E-state index contributed by atoms with van der Waals surface area (Å²) in [6.45, 7) is 3.71. The van der Waals surface area contributed by atoms with Gasteiger partial charge in [-0.2, -0.15) is 5.26 Å². The van der Waals surface area contributed by atoms with Gasteiger partial charge < -0.3 is 20.2 Å². The molecule has 2 aromatic rings. The van der Waals surface area contributed by atoms with Crippen molar-refractivity contribution in [3.05, 3.63) is 53.5 Å². The molecule has 136 valence electrons. The summed E-state index contributed by atoms with van der Waals surface area (Å²) in [5.74, 6) is 1.03. The Balaban J connectivity index is 1.53. The smallest absolute Gasteiger partial charge is 0.262 e. The molecular weight excluding hydrogens is 340 g/mol. The molecule has 0 spiro atoms. The monoisotopic (exact) mass is 360 g/mol. The molecule has 0 saturated carbocycles. The van der Waals surface area contributed by atoms with Gasteiger partial charge in [0.15, 0.2) is 0 Å². The lowest BCUT2D eigenvalue weighted by molar-refractivity contribution is -0.128. The predicted octanol–water partition coefficient (Wildman–Crippen LogP) is 2.40. The highest BCUT2D eigenvalue weighted by atomic mass is 16.2. The highest BCUT2D eigenvalue weighted by Gasteiger charge is 2.44. The minimum absolute atomic E-state index is 0.0728. The molecule has 4 rings (SSSR count). The first-order valence-corrected chi connectivity index (χ1v) is 8.97. The van der Waals surface area contributed by atoms with Gasteiger partial charge in [0.2, 0.25) is 0 Å². The van der Waals surface area contributed by atoms with E-state index in [1.807, 2.05) is 29.3 Å². The van der Waals surface area contributed by atoms with E-state index in [9.17, 15) is 4.79 Å². The Kier molecular flexibility index (Phi) is 4.24. The number of aromatic nitrogens is 2. The van der Waals surface area contributed by atoms with Gasteiger partial charge in [-0.1, -0.05) is 6.92 Å². The predicted molar refractivity (Wildman–Crippen MR) is 102 cm³/mol. The van der Waals surface area contributed by atoms with E-state index in [4.69, 9.17) is 10.7 Å². The molecule has 1 saturated heterocycles. The molecule has 2 aromatic heterocycles. The molecule has 0 bridgehead atoms. The molecule has 0 aliphatic carbocycles. The normalized spacial score (nSPS) is 22.4. The van der Waals surface area contributed by atoms with Crippen LogP contribution in [-0.2, 0) is 4.79 Å². The highest BCUT2D eigenvalue weighted by molar-refractivity contribution is 6.26. The van der Waals surface area contributed by atoms with E-state index < -0.39 is 0 Å². The largest absolute Gasteiger partial charge is 0.360 e. The van der Waals surface area contributed by atoms with E-state index in [-0.39, 0.29) is 17.9 Å². The molecule has 0 radical (unpaired) electrons. The summed E-state index contributed by atoms with van der Waals surface area (Å²) in [5, 5.41) is 16.5. The summed E-state index contributed by atoms with van der Waals surface area (Å²) in [4.78, 5) is 24.2. The van der Waals surface area contributed by atoms with E-state index in [1.54, 1.807) is 12.3 Å². The zero-order chi connectivity index (χ0) is 19.0. The number of H-pyrrole nitrogens is 1. The van der Waals surface area contributed by atoms with Gasteiger partial charge in [-0.25, -0.2) is 4.98 Å². The van der Waals surface area contributed by atoms with Crippen molar-refractivity contribution in [3.8, 4) is 6.07 Å². The molecule has 2 aliphatic rings. The van der Waals surface area contributed by atoms with Gasteiger partial charge >= 0.3 is 0 Å². The van der Waals surface area contributed by atoms with Crippen LogP contribution in [0.3, 0.4) is 0 Å².